The largest absolute Gasteiger partial charge is 0.370 e. The van der Waals surface area contributed by atoms with Gasteiger partial charge in [-0.1, -0.05) is 31.3 Å². The topological polar surface area (TPSA) is 90.4 Å². The average molecular weight is 267 g/mol. The van der Waals surface area contributed by atoms with Gasteiger partial charge in [0, 0.05) is 6.07 Å². The molecule has 6 heteroatoms. The lowest BCUT2D eigenvalue weighted by Crippen LogP contribution is -2.30. The molecule has 0 aromatic carbocycles. The van der Waals surface area contributed by atoms with Crippen LogP contribution in [0.4, 0.5) is 0 Å². The van der Waals surface area contributed by atoms with Crippen LogP contribution in [0, 0.1) is 5.92 Å². The van der Waals surface area contributed by atoms with Crippen LogP contribution in [0.15, 0.2) is 10.6 Å². The molecule has 1 aromatic rings. The third-order valence-electron chi connectivity index (χ3n) is 3.70. The molecule has 19 heavy (non-hydrogen) atoms. The first kappa shape index (κ1) is 14.0. The minimum Gasteiger partial charge on any atom is -0.370 e. The van der Waals surface area contributed by atoms with Crippen molar-refractivity contribution in [2.24, 2.45) is 11.8 Å². The SMILES string of the molecule is CCC1CCCC(OCc2cc(C(=O)NN)no2)C1. The quantitative estimate of drug-likeness (QED) is 0.482. The second-order valence-corrected chi connectivity index (χ2v) is 5.03. The molecular formula is C13H21N3O3. The van der Waals surface area contributed by atoms with Crippen LogP contribution in [-0.4, -0.2) is 17.2 Å². The summed E-state index contributed by atoms with van der Waals surface area (Å²) < 4.78 is 10.9. The van der Waals surface area contributed by atoms with Crippen LogP contribution in [-0.2, 0) is 11.3 Å². The first-order chi connectivity index (χ1) is 9.22. The minimum atomic E-state index is -0.460. The maximum absolute atomic E-state index is 11.2. The average Bonchev–Trinajstić information content (AvgIpc) is 2.93. The molecule has 2 unspecified atom stereocenters. The Hall–Kier alpha value is -1.40. The number of ether oxygens (including phenoxy) is 1. The van der Waals surface area contributed by atoms with E-state index in [1.807, 2.05) is 5.43 Å². The van der Waals surface area contributed by atoms with Crippen LogP contribution in [0.2, 0.25) is 0 Å². The summed E-state index contributed by atoms with van der Waals surface area (Å²) in [5.74, 6) is 5.89. The molecule has 0 bridgehead atoms. The van der Waals surface area contributed by atoms with E-state index in [1.54, 1.807) is 6.07 Å². The Bertz CT molecular complexity index is 419. The number of hydrogen-bond acceptors (Lipinski definition) is 5. The van der Waals surface area contributed by atoms with Crippen molar-refractivity contribution in [1.82, 2.24) is 10.6 Å². The highest BCUT2D eigenvalue weighted by Gasteiger charge is 2.22. The van der Waals surface area contributed by atoms with Crippen molar-refractivity contribution in [2.45, 2.75) is 51.7 Å². The number of nitrogen functional groups attached to an aromatic ring is 1. The Labute approximate surface area is 112 Å². The summed E-state index contributed by atoms with van der Waals surface area (Å²) in [4.78, 5) is 11.2. The number of hydrogen-bond donors (Lipinski definition) is 2. The highest BCUT2D eigenvalue weighted by molar-refractivity contribution is 5.91. The van der Waals surface area contributed by atoms with Gasteiger partial charge >= 0.3 is 0 Å². The Kier molecular flexibility index (Phi) is 4.93. The zero-order chi connectivity index (χ0) is 13.7. The van der Waals surface area contributed by atoms with E-state index in [-0.39, 0.29) is 11.8 Å². The molecule has 3 N–H and O–H groups in total. The van der Waals surface area contributed by atoms with Gasteiger partial charge < -0.3 is 9.26 Å². The predicted octanol–water partition coefficient (Wildman–Crippen LogP) is 1.76. The van der Waals surface area contributed by atoms with Crippen molar-refractivity contribution < 1.29 is 14.1 Å². The lowest BCUT2D eigenvalue weighted by atomic mass is 9.85. The maximum atomic E-state index is 11.2. The van der Waals surface area contributed by atoms with Crippen LogP contribution >= 0.6 is 0 Å². The van der Waals surface area contributed by atoms with E-state index in [4.69, 9.17) is 15.1 Å². The normalized spacial score (nSPS) is 23.3. The van der Waals surface area contributed by atoms with Gasteiger partial charge in [-0.15, -0.1) is 0 Å². The summed E-state index contributed by atoms with van der Waals surface area (Å²) >= 11 is 0. The molecule has 2 atom stereocenters. The van der Waals surface area contributed by atoms with E-state index in [0.29, 0.717) is 12.4 Å². The number of rotatable bonds is 5. The van der Waals surface area contributed by atoms with Gasteiger partial charge in [0.25, 0.3) is 5.91 Å². The van der Waals surface area contributed by atoms with E-state index in [0.717, 1.165) is 18.8 Å². The summed E-state index contributed by atoms with van der Waals surface area (Å²) in [7, 11) is 0. The molecule has 0 aliphatic heterocycles. The molecule has 1 heterocycles. The number of nitrogens with two attached hydrogens (primary N) is 1. The summed E-state index contributed by atoms with van der Waals surface area (Å²) in [5.41, 5.74) is 2.19. The molecular weight excluding hydrogens is 246 g/mol. The van der Waals surface area contributed by atoms with Gasteiger partial charge in [-0.2, -0.15) is 0 Å². The van der Waals surface area contributed by atoms with Crippen LogP contribution in [0.3, 0.4) is 0 Å². The molecule has 2 rings (SSSR count). The molecule has 1 aliphatic carbocycles. The summed E-state index contributed by atoms with van der Waals surface area (Å²) in [5, 5.41) is 3.63. The standard InChI is InChI=1S/C13H21N3O3/c1-2-9-4-3-5-10(6-9)18-8-11-7-12(16-19-11)13(17)15-14/h7,9-10H,2-6,8,14H2,1H3,(H,15,17). The van der Waals surface area contributed by atoms with Gasteiger partial charge in [0.2, 0.25) is 0 Å². The first-order valence-corrected chi connectivity index (χ1v) is 6.81. The fourth-order valence-corrected chi connectivity index (χ4v) is 2.53. The first-order valence-electron chi connectivity index (χ1n) is 6.81. The molecule has 1 saturated carbocycles. The lowest BCUT2D eigenvalue weighted by Gasteiger charge is -2.28. The van der Waals surface area contributed by atoms with Crippen LogP contribution in [0.1, 0.15) is 55.3 Å². The van der Waals surface area contributed by atoms with Crippen molar-refractivity contribution in [3.05, 3.63) is 17.5 Å². The van der Waals surface area contributed by atoms with Gasteiger partial charge in [-0.05, 0) is 18.8 Å². The van der Waals surface area contributed by atoms with Gasteiger partial charge in [0.1, 0.15) is 6.61 Å². The Morgan fingerprint density at radius 1 is 1.63 bits per heavy atom. The van der Waals surface area contributed by atoms with Crippen molar-refractivity contribution in [1.29, 1.82) is 0 Å². The number of carbonyl (C=O) groups is 1. The molecule has 0 radical (unpaired) electrons. The second-order valence-electron chi connectivity index (χ2n) is 5.03. The van der Waals surface area contributed by atoms with Crippen molar-refractivity contribution in [2.75, 3.05) is 0 Å². The van der Waals surface area contributed by atoms with Gasteiger partial charge in [0.15, 0.2) is 11.5 Å². The molecule has 6 nitrogen and oxygen atoms in total. The third-order valence-corrected chi connectivity index (χ3v) is 3.70. The second kappa shape index (κ2) is 6.68. The number of hydrazine groups is 1. The van der Waals surface area contributed by atoms with Crippen molar-refractivity contribution >= 4 is 5.91 Å². The van der Waals surface area contributed by atoms with E-state index in [1.165, 1.54) is 19.3 Å². The number of carbonyl (C=O) groups excluding carboxylic acids is 1. The molecule has 106 valence electrons. The summed E-state index contributed by atoms with van der Waals surface area (Å²) in [6, 6.07) is 1.56. The van der Waals surface area contributed by atoms with Crippen molar-refractivity contribution in [3.63, 3.8) is 0 Å². The fourth-order valence-electron chi connectivity index (χ4n) is 2.53. The van der Waals surface area contributed by atoms with Gasteiger partial charge in [0.05, 0.1) is 6.10 Å². The predicted molar refractivity (Wildman–Crippen MR) is 69.0 cm³/mol. The number of amides is 1. The van der Waals surface area contributed by atoms with Crippen LogP contribution < -0.4 is 11.3 Å². The van der Waals surface area contributed by atoms with Crippen LogP contribution in [0.25, 0.3) is 0 Å². The Morgan fingerprint density at radius 2 is 2.47 bits per heavy atom. The van der Waals surface area contributed by atoms with E-state index in [2.05, 4.69) is 12.1 Å². The number of nitrogens with one attached hydrogen (secondary N) is 1. The minimum absolute atomic E-state index is 0.177. The molecule has 1 fully saturated rings. The number of aromatic nitrogens is 1. The molecule has 1 amide bonds. The Morgan fingerprint density at radius 3 is 3.21 bits per heavy atom. The highest BCUT2D eigenvalue weighted by atomic mass is 16.5. The lowest BCUT2D eigenvalue weighted by molar-refractivity contribution is -0.00711. The van der Waals surface area contributed by atoms with E-state index < -0.39 is 5.91 Å². The van der Waals surface area contributed by atoms with E-state index >= 15 is 0 Å². The number of nitrogens with zero attached hydrogens (tertiary/aromatic N) is 1. The smallest absolute Gasteiger partial charge is 0.287 e. The van der Waals surface area contributed by atoms with Crippen molar-refractivity contribution in [3.8, 4) is 0 Å². The fraction of sp³-hybridized carbons (Fsp3) is 0.692. The third kappa shape index (κ3) is 3.78. The van der Waals surface area contributed by atoms with Gasteiger partial charge in [-0.25, -0.2) is 5.84 Å². The monoisotopic (exact) mass is 267 g/mol. The Balaban J connectivity index is 1.81. The molecule has 0 saturated heterocycles. The van der Waals surface area contributed by atoms with Gasteiger partial charge in [-0.3, -0.25) is 10.2 Å². The summed E-state index contributed by atoms with van der Waals surface area (Å²) in [6.45, 7) is 2.58. The molecule has 1 aromatic heterocycles. The van der Waals surface area contributed by atoms with Crippen LogP contribution in [0.5, 0.6) is 0 Å². The highest BCUT2D eigenvalue weighted by Crippen LogP contribution is 2.28. The molecule has 1 aliphatic rings. The molecule has 0 spiro atoms. The van der Waals surface area contributed by atoms with E-state index in [9.17, 15) is 4.79 Å². The zero-order valence-electron chi connectivity index (χ0n) is 11.2. The zero-order valence-corrected chi connectivity index (χ0v) is 11.2. The summed E-state index contributed by atoms with van der Waals surface area (Å²) in [6.07, 6.45) is 6.24. The maximum Gasteiger partial charge on any atom is 0.287 e.